The van der Waals surface area contributed by atoms with Crippen molar-refractivity contribution in [1.29, 1.82) is 0 Å². The van der Waals surface area contributed by atoms with E-state index in [0.29, 0.717) is 11.3 Å². The molecule has 0 aliphatic carbocycles. The van der Waals surface area contributed by atoms with Crippen molar-refractivity contribution in [3.8, 4) is 11.3 Å². The van der Waals surface area contributed by atoms with Crippen molar-refractivity contribution >= 4 is 11.6 Å². The lowest BCUT2D eigenvalue weighted by Crippen LogP contribution is -2.57. The van der Waals surface area contributed by atoms with Crippen LogP contribution < -0.4 is 4.90 Å². The lowest BCUT2D eigenvalue weighted by Gasteiger charge is -2.48. The van der Waals surface area contributed by atoms with Gasteiger partial charge in [-0.15, -0.1) is 0 Å². The van der Waals surface area contributed by atoms with Crippen molar-refractivity contribution < 1.29 is 4.79 Å². The Morgan fingerprint density at radius 1 is 1.12 bits per heavy atom. The monoisotopic (exact) mass is 350 g/mol. The number of hydrogen-bond donors (Lipinski definition) is 0. The predicted octanol–water partition coefficient (Wildman–Crippen LogP) is 3.23. The zero-order valence-electron chi connectivity index (χ0n) is 15.6. The Kier molecular flexibility index (Phi) is 4.39. The van der Waals surface area contributed by atoms with Crippen LogP contribution in [0.15, 0.2) is 42.9 Å². The van der Waals surface area contributed by atoms with Gasteiger partial charge in [-0.3, -0.25) is 14.8 Å². The minimum atomic E-state index is 0.164. The molecule has 2 aromatic heterocycles. The highest BCUT2D eigenvalue weighted by molar-refractivity contribution is 5.81. The molecule has 2 saturated heterocycles. The highest BCUT2D eigenvalue weighted by atomic mass is 16.2. The van der Waals surface area contributed by atoms with Crippen LogP contribution in [0.4, 0.5) is 5.69 Å². The van der Waals surface area contributed by atoms with Crippen molar-refractivity contribution in [1.82, 2.24) is 14.9 Å². The van der Waals surface area contributed by atoms with E-state index in [1.807, 2.05) is 47.8 Å². The average Bonchev–Trinajstić information content (AvgIpc) is 2.66. The number of aromatic nitrogens is 2. The summed E-state index contributed by atoms with van der Waals surface area (Å²) in [4.78, 5) is 25.9. The first-order valence-electron chi connectivity index (χ1n) is 9.43. The molecule has 136 valence electrons. The van der Waals surface area contributed by atoms with Crippen LogP contribution in [0.1, 0.15) is 26.7 Å². The third-order valence-electron chi connectivity index (χ3n) is 5.48. The molecule has 4 rings (SSSR count). The SMILES string of the molecule is CC1(C)CN(C(=O)C2CCN(c3cnccc3-c3ccccn3)CC2)C1. The summed E-state index contributed by atoms with van der Waals surface area (Å²) in [5.41, 5.74) is 3.48. The summed E-state index contributed by atoms with van der Waals surface area (Å²) < 4.78 is 0. The molecule has 2 fully saturated rings. The predicted molar refractivity (Wildman–Crippen MR) is 103 cm³/mol. The van der Waals surface area contributed by atoms with Gasteiger partial charge in [0.05, 0.1) is 17.6 Å². The van der Waals surface area contributed by atoms with Gasteiger partial charge in [-0.2, -0.15) is 0 Å². The molecule has 0 saturated carbocycles. The molecule has 0 radical (unpaired) electrons. The summed E-state index contributed by atoms with van der Waals surface area (Å²) >= 11 is 0. The van der Waals surface area contributed by atoms with Crippen LogP contribution in [-0.2, 0) is 4.79 Å². The van der Waals surface area contributed by atoms with E-state index in [0.717, 1.165) is 56.0 Å². The maximum atomic E-state index is 12.7. The fraction of sp³-hybridized carbons (Fsp3) is 0.476. The third-order valence-corrected chi connectivity index (χ3v) is 5.48. The molecule has 4 heterocycles. The Hall–Kier alpha value is -2.43. The lowest BCUT2D eigenvalue weighted by atomic mass is 9.82. The summed E-state index contributed by atoms with van der Waals surface area (Å²) in [6.07, 6.45) is 7.37. The second-order valence-electron chi connectivity index (χ2n) is 8.23. The Morgan fingerprint density at radius 2 is 1.88 bits per heavy atom. The zero-order chi connectivity index (χ0) is 18.1. The molecule has 2 aliphatic rings. The molecule has 0 unspecified atom stereocenters. The minimum Gasteiger partial charge on any atom is -0.370 e. The van der Waals surface area contributed by atoms with Crippen LogP contribution in [0.25, 0.3) is 11.3 Å². The molecule has 0 N–H and O–H groups in total. The Balaban J connectivity index is 1.44. The molecule has 1 amide bonds. The van der Waals surface area contributed by atoms with Crippen molar-refractivity contribution in [2.45, 2.75) is 26.7 Å². The fourth-order valence-corrected chi connectivity index (χ4v) is 4.15. The summed E-state index contributed by atoms with van der Waals surface area (Å²) in [6, 6.07) is 7.99. The Bertz CT molecular complexity index is 774. The number of rotatable bonds is 3. The summed E-state index contributed by atoms with van der Waals surface area (Å²) in [5, 5.41) is 0. The second kappa shape index (κ2) is 6.71. The van der Waals surface area contributed by atoms with Gasteiger partial charge in [0, 0.05) is 50.1 Å². The highest BCUT2D eigenvalue weighted by Crippen LogP contribution is 2.34. The first-order valence-corrected chi connectivity index (χ1v) is 9.43. The van der Waals surface area contributed by atoms with Gasteiger partial charge in [0.25, 0.3) is 0 Å². The molecule has 0 aromatic carbocycles. The van der Waals surface area contributed by atoms with Crippen molar-refractivity contribution in [3.63, 3.8) is 0 Å². The van der Waals surface area contributed by atoms with Crippen LogP contribution in [0.5, 0.6) is 0 Å². The highest BCUT2D eigenvalue weighted by Gasteiger charge is 2.40. The quantitative estimate of drug-likeness (QED) is 0.853. The van der Waals surface area contributed by atoms with E-state index in [4.69, 9.17) is 0 Å². The van der Waals surface area contributed by atoms with Crippen LogP contribution in [0.3, 0.4) is 0 Å². The Labute approximate surface area is 155 Å². The zero-order valence-corrected chi connectivity index (χ0v) is 15.6. The average molecular weight is 350 g/mol. The third kappa shape index (κ3) is 3.30. The van der Waals surface area contributed by atoms with Gasteiger partial charge < -0.3 is 9.80 Å². The first-order chi connectivity index (χ1) is 12.5. The maximum Gasteiger partial charge on any atom is 0.225 e. The van der Waals surface area contributed by atoms with Crippen molar-refractivity contribution in [2.24, 2.45) is 11.3 Å². The number of hydrogen-bond acceptors (Lipinski definition) is 4. The number of carbonyl (C=O) groups is 1. The molecule has 26 heavy (non-hydrogen) atoms. The molecule has 5 nitrogen and oxygen atoms in total. The van der Waals surface area contributed by atoms with Gasteiger partial charge in [-0.25, -0.2) is 0 Å². The smallest absolute Gasteiger partial charge is 0.225 e. The van der Waals surface area contributed by atoms with Gasteiger partial charge in [0.1, 0.15) is 0 Å². The van der Waals surface area contributed by atoms with E-state index >= 15 is 0 Å². The second-order valence-corrected chi connectivity index (χ2v) is 8.23. The molecule has 0 atom stereocenters. The largest absolute Gasteiger partial charge is 0.370 e. The topological polar surface area (TPSA) is 49.3 Å². The lowest BCUT2D eigenvalue weighted by molar-refractivity contribution is -0.146. The molecule has 2 aliphatic heterocycles. The molecule has 0 bridgehead atoms. The van der Waals surface area contributed by atoms with Crippen LogP contribution in [-0.4, -0.2) is 47.0 Å². The standard InChI is InChI=1S/C21H26N4O/c1-21(2)14-25(15-21)20(26)16-7-11-24(12-8-16)19-13-22-10-6-17(19)18-5-3-4-9-23-18/h3-6,9-10,13,16H,7-8,11-12,14-15H2,1-2H3. The molecule has 5 heteroatoms. The molecule has 0 spiro atoms. The number of piperidine rings is 1. The number of pyridine rings is 2. The maximum absolute atomic E-state index is 12.7. The van der Waals surface area contributed by atoms with Gasteiger partial charge in [0.15, 0.2) is 0 Å². The number of carbonyl (C=O) groups excluding carboxylic acids is 1. The van der Waals surface area contributed by atoms with Gasteiger partial charge in [-0.1, -0.05) is 19.9 Å². The molecular formula is C21H26N4O. The van der Waals surface area contributed by atoms with Gasteiger partial charge >= 0.3 is 0 Å². The van der Waals surface area contributed by atoms with Crippen molar-refractivity contribution in [3.05, 3.63) is 42.9 Å². The summed E-state index contributed by atoms with van der Waals surface area (Å²) in [5.74, 6) is 0.512. The number of amides is 1. The number of anilines is 1. The summed E-state index contributed by atoms with van der Waals surface area (Å²) in [6.45, 7) is 8.02. The van der Waals surface area contributed by atoms with E-state index in [2.05, 4.69) is 28.7 Å². The van der Waals surface area contributed by atoms with E-state index in [-0.39, 0.29) is 5.92 Å². The van der Waals surface area contributed by atoms with E-state index in [1.54, 1.807) is 0 Å². The van der Waals surface area contributed by atoms with Gasteiger partial charge in [0.2, 0.25) is 5.91 Å². The van der Waals surface area contributed by atoms with Crippen molar-refractivity contribution in [2.75, 3.05) is 31.1 Å². The van der Waals surface area contributed by atoms with Crippen LogP contribution in [0.2, 0.25) is 0 Å². The summed E-state index contributed by atoms with van der Waals surface area (Å²) in [7, 11) is 0. The minimum absolute atomic E-state index is 0.164. The normalized spacial score (nSPS) is 19.9. The van der Waals surface area contributed by atoms with Gasteiger partial charge in [-0.05, 0) is 36.5 Å². The number of likely N-dealkylation sites (tertiary alicyclic amines) is 1. The van der Waals surface area contributed by atoms with E-state index in [9.17, 15) is 4.79 Å². The fourth-order valence-electron chi connectivity index (χ4n) is 4.15. The van der Waals surface area contributed by atoms with E-state index < -0.39 is 0 Å². The van der Waals surface area contributed by atoms with E-state index in [1.165, 1.54) is 0 Å². The number of nitrogens with zero attached hydrogens (tertiary/aromatic N) is 4. The first kappa shape index (κ1) is 17.0. The Morgan fingerprint density at radius 3 is 2.54 bits per heavy atom. The molecular weight excluding hydrogens is 324 g/mol. The van der Waals surface area contributed by atoms with Crippen LogP contribution >= 0.6 is 0 Å². The van der Waals surface area contributed by atoms with Crippen LogP contribution in [0, 0.1) is 11.3 Å². The molecule has 2 aromatic rings.